The van der Waals surface area contributed by atoms with Gasteiger partial charge >= 0.3 is 0 Å². The summed E-state index contributed by atoms with van der Waals surface area (Å²) in [6, 6.07) is 4.27. The lowest BCUT2D eigenvalue weighted by Crippen LogP contribution is -2.39. The molecule has 0 atom stereocenters. The fourth-order valence-electron chi connectivity index (χ4n) is 3.01. The summed E-state index contributed by atoms with van der Waals surface area (Å²) in [4.78, 5) is 13.5. The van der Waals surface area contributed by atoms with Crippen molar-refractivity contribution in [1.29, 1.82) is 0 Å². The maximum atomic E-state index is 4.54. The molecular weight excluding hydrogens is 425 g/mol. The zero-order valence-corrected chi connectivity index (χ0v) is 17.9. The average molecular weight is 457 g/mol. The monoisotopic (exact) mass is 457 g/mol. The number of halogens is 1. The van der Waals surface area contributed by atoms with E-state index in [9.17, 15) is 0 Å². The highest BCUT2D eigenvalue weighted by Crippen LogP contribution is 2.18. The van der Waals surface area contributed by atoms with Crippen molar-refractivity contribution in [2.24, 2.45) is 4.99 Å². The van der Waals surface area contributed by atoms with Crippen molar-refractivity contribution in [3.63, 3.8) is 0 Å². The summed E-state index contributed by atoms with van der Waals surface area (Å²) < 4.78 is 0. The van der Waals surface area contributed by atoms with Crippen molar-refractivity contribution >= 4 is 35.8 Å². The van der Waals surface area contributed by atoms with Crippen LogP contribution < -0.4 is 10.2 Å². The van der Waals surface area contributed by atoms with Crippen LogP contribution in [-0.2, 0) is 6.54 Å². The van der Waals surface area contributed by atoms with Gasteiger partial charge in [-0.2, -0.15) is 0 Å². The molecule has 0 bridgehead atoms. The van der Waals surface area contributed by atoms with Gasteiger partial charge in [-0.1, -0.05) is 6.08 Å². The van der Waals surface area contributed by atoms with Crippen molar-refractivity contribution < 1.29 is 0 Å². The van der Waals surface area contributed by atoms with E-state index in [2.05, 4.69) is 50.9 Å². The summed E-state index contributed by atoms with van der Waals surface area (Å²) in [6.07, 6.45) is 9.88. The first-order valence-electron chi connectivity index (χ1n) is 8.97. The molecule has 0 unspecified atom stereocenters. The molecule has 0 aromatic carbocycles. The van der Waals surface area contributed by atoms with Crippen LogP contribution in [0.2, 0.25) is 0 Å². The second kappa shape index (κ2) is 12.1. The lowest BCUT2D eigenvalue weighted by Gasteiger charge is -2.28. The van der Waals surface area contributed by atoms with E-state index in [0.29, 0.717) is 0 Å². The van der Waals surface area contributed by atoms with Crippen LogP contribution in [0.1, 0.15) is 37.7 Å². The first-order valence-corrected chi connectivity index (χ1v) is 8.97. The minimum absolute atomic E-state index is 0. The molecule has 1 aliphatic heterocycles. The maximum absolute atomic E-state index is 4.54. The molecule has 0 saturated carbocycles. The molecule has 2 heterocycles. The predicted octanol–water partition coefficient (Wildman–Crippen LogP) is 3.66. The second-order valence-corrected chi connectivity index (χ2v) is 6.32. The van der Waals surface area contributed by atoms with E-state index in [-0.39, 0.29) is 24.0 Å². The predicted molar refractivity (Wildman–Crippen MR) is 118 cm³/mol. The van der Waals surface area contributed by atoms with Crippen molar-refractivity contribution in [1.82, 2.24) is 15.2 Å². The standard InChI is InChI=1S/C19H31N5.HI/c1-4-5-7-12-23(3)19(20-2)22-16-17-10-11-21-18(15-17)24-13-8-6-9-14-24;/h4,10-11,15H,1,5-9,12-14,16H2,2-3H3,(H,20,22);1H. The van der Waals surface area contributed by atoms with Gasteiger partial charge < -0.3 is 15.1 Å². The van der Waals surface area contributed by atoms with Crippen LogP contribution in [-0.4, -0.2) is 49.6 Å². The van der Waals surface area contributed by atoms with Gasteiger partial charge in [0.2, 0.25) is 0 Å². The third-order valence-electron chi connectivity index (χ3n) is 4.42. The van der Waals surface area contributed by atoms with E-state index in [1.165, 1.54) is 24.8 Å². The van der Waals surface area contributed by atoms with Crippen molar-refractivity contribution in [3.05, 3.63) is 36.5 Å². The van der Waals surface area contributed by atoms with E-state index in [1.54, 1.807) is 0 Å². The van der Waals surface area contributed by atoms with E-state index < -0.39 is 0 Å². The van der Waals surface area contributed by atoms with Crippen molar-refractivity contribution in [2.75, 3.05) is 38.6 Å². The van der Waals surface area contributed by atoms with Crippen LogP contribution in [0.4, 0.5) is 5.82 Å². The zero-order chi connectivity index (χ0) is 17.2. The van der Waals surface area contributed by atoms with E-state index >= 15 is 0 Å². The quantitative estimate of drug-likeness (QED) is 0.223. The van der Waals surface area contributed by atoms with Gasteiger partial charge in [0.1, 0.15) is 5.82 Å². The number of hydrogen-bond donors (Lipinski definition) is 1. The minimum Gasteiger partial charge on any atom is -0.357 e. The molecular formula is C19H32IN5. The highest BCUT2D eigenvalue weighted by atomic mass is 127. The van der Waals surface area contributed by atoms with Crippen LogP contribution in [0, 0.1) is 0 Å². The Morgan fingerprint density at radius 2 is 2.16 bits per heavy atom. The maximum Gasteiger partial charge on any atom is 0.193 e. The lowest BCUT2D eigenvalue weighted by atomic mass is 10.1. The SMILES string of the molecule is C=CCCCN(C)C(=NC)NCc1ccnc(N2CCCCC2)c1.I. The fraction of sp³-hybridized carbons (Fsp3) is 0.579. The summed E-state index contributed by atoms with van der Waals surface area (Å²) in [5, 5.41) is 3.45. The second-order valence-electron chi connectivity index (χ2n) is 6.32. The number of rotatable bonds is 7. The number of unbranched alkanes of at least 4 members (excludes halogenated alkanes) is 1. The van der Waals surface area contributed by atoms with Crippen LogP contribution in [0.3, 0.4) is 0 Å². The highest BCUT2D eigenvalue weighted by Gasteiger charge is 2.12. The molecule has 1 aromatic heterocycles. The fourth-order valence-corrected chi connectivity index (χ4v) is 3.01. The number of hydrogen-bond acceptors (Lipinski definition) is 3. The minimum atomic E-state index is 0. The molecule has 0 radical (unpaired) electrons. The number of pyridine rings is 1. The zero-order valence-electron chi connectivity index (χ0n) is 15.6. The number of anilines is 1. The Morgan fingerprint density at radius 3 is 2.84 bits per heavy atom. The molecule has 6 heteroatoms. The van der Waals surface area contributed by atoms with Gasteiger partial charge in [-0.3, -0.25) is 4.99 Å². The van der Waals surface area contributed by atoms with Crippen LogP contribution in [0.15, 0.2) is 36.0 Å². The van der Waals surface area contributed by atoms with Gasteiger partial charge in [-0.25, -0.2) is 4.98 Å². The molecule has 1 saturated heterocycles. The third-order valence-corrected chi connectivity index (χ3v) is 4.42. The molecule has 1 aliphatic rings. The molecule has 1 aromatic rings. The summed E-state index contributed by atoms with van der Waals surface area (Å²) >= 11 is 0. The van der Waals surface area contributed by atoms with Crippen molar-refractivity contribution in [3.8, 4) is 0 Å². The Hall–Kier alpha value is -1.31. The lowest BCUT2D eigenvalue weighted by molar-refractivity contribution is 0.470. The van der Waals surface area contributed by atoms with Gasteiger partial charge in [-0.15, -0.1) is 30.6 Å². The molecule has 0 aliphatic carbocycles. The van der Waals surface area contributed by atoms with Gasteiger partial charge in [0.25, 0.3) is 0 Å². The summed E-state index contributed by atoms with van der Waals surface area (Å²) in [7, 11) is 3.90. The number of allylic oxidation sites excluding steroid dienone is 1. The molecule has 0 spiro atoms. The molecule has 25 heavy (non-hydrogen) atoms. The normalized spacial score (nSPS) is 14.6. The Balaban J connectivity index is 0.00000312. The highest BCUT2D eigenvalue weighted by molar-refractivity contribution is 14.0. The largest absolute Gasteiger partial charge is 0.357 e. The van der Waals surface area contributed by atoms with Crippen LogP contribution >= 0.6 is 24.0 Å². The summed E-state index contributed by atoms with van der Waals surface area (Å²) in [5.41, 5.74) is 1.24. The van der Waals surface area contributed by atoms with Gasteiger partial charge in [0.15, 0.2) is 5.96 Å². The first kappa shape index (κ1) is 21.7. The third kappa shape index (κ3) is 7.22. The number of nitrogens with one attached hydrogen (secondary N) is 1. The molecule has 140 valence electrons. The Morgan fingerprint density at radius 1 is 1.40 bits per heavy atom. The van der Waals surface area contributed by atoms with Gasteiger partial charge in [0, 0.05) is 46.5 Å². The van der Waals surface area contributed by atoms with Crippen LogP contribution in [0.5, 0.6) is 0 Å². The van der Waals surface area contributed by atoms with E-state index in [1.807, 2.05) is 19.3 Å². The Bertz CT molecular complexity index is 540. The van der Waals surface area contributed by atoms with E-state index in [0.717, 1.165) is 50.8 Å². The van der Waals surface area contributed by atoms with Crippen molar-refractivity contribution in [2.45, 2.75) is 38.6 Å². The Labute approximate surface area is 169 Å². The number of guanidine groups is 1. The molecule has 1 fully saturated rings. The molecule has 1 N–H and O–H groups in total. The summed E-state index contributed by atoms with van der Waals surface area (Å²) in [5.74, 6) is 2.03. The Kier molecular flexibility index (Phi) is 10.5. The average Bonchev–Trinajstić information content (AvgIpc) is 2.63. The number of aliphatic imine (C=N–C) groups is 1. The molecule has 0 amide bonds. The first-order chi connectivity index (χ1) is 11.7. The number of aromatic nitrogens is 1. The molecule has 2 rings (SSSR count). The topological polar surface area (TPSA) is 43.8 Å². The molecule has 5 nitrogen and oxygen atoms in total. The number of nitrogens with zero attached hydrogens (tertiary/aromatic N) is 4. The van der Waals surface area contributed by atoms with E-state index in [4.69, 9.17) is 0 Å². The summed E-state index contributed by atoms with van der Waals surface area (Å²) in [6.45, 7) is 7.76. The van der Waals surface area contributed by atoms with Crippen LogP contribution in [0.25, 0.3) is 0 Å². The smallest absolute Gasteiger partial charge is 0.193 e. The van der Waals surface area contributed by atoms with Gasteiger partial charge in [-0.05, 0) is 49.8 Å². The number of piperidine rings is 1. The van der Waals surface area contributed by atoms with Gasteiger partial charge in [0.05, 0.1) is 0 Å².